The number of nitrogens with zero attached hydrogens (tertiary/aromatic N) is 1. The Morgan fingerprint density at radius 1 is 0.472 bits per heavy atom. The van der Waals surface area contributed by atoms with E-state index in [0.29, 0.717) is 23.9 Å². The van der Waals surface area contributed by atoms with E-state index < -0.39 is 20.0 Å². The van der Waals surface area contributed by atoms with Gasteiger partial charge >= 0.3 is 0 Å². The number of unbranched alkanes of at least 4 members (excludes halogenated alkanes) is 45. The molecule has 0 saturated carbocycles. The third-order valence-corrected chi connectivity index (χ3v) is 16.0. The molecule has 3 atom stereocenters. The normalized spacial score (nSPS) is 13.8. The van der Waals surface area contributed by atoms with E-state index in [2.05, 4.69) is 31.3 Å². The van der Waals surface area contributed by atoms with Crippen molar-refractivity contribution in [3.8, 4) is 0 Å². The first kappa shape index (κ1) is 71.2. The van der Waals surface area contributed by atoms with Gasteiger partial charge in [0, 0.05) is 6.42 Å². The zero-order valence-corrected chi connectivity index (χ0v) is 50.1. The second-order valence-electron chi connectivity index (χ2n) is 23.5. The molecule has 0 aliphatic rings. The van der Waals surface area contributed by atoms with Crippen LogP contribution in [0.3, 0.4) is 0 Å². The van der Waals surface area contributed by atoms with Gasteiger partial charge < -0.3 is 28.8 Å². The smallest absolute Gasteiger partial charge is 0.268 e. The molecular weight excluding hydrogens is 912 g/mol. The summed E-state index contributed by atoms with van der Waals surface area (Å²) in [6.07, 6.45) is 68.4. The molecule has 9 heteroatoms. The lowest BCUT2D eigenvalue weighted by Gasteiger charge is -2.30. The van der Waals surface area contributed by atoms with Crippen LogP contribution in [0.1, 0.15) is 335 Å². The Kier molecular flexibility index (Phi) is 54.4. The summed E-state index contributed by atoms with van der Waals surface area (Å²) in [5, 5.41) is 14.1. The molecule has 2 N–H and O–H groups in total. The molecule has 0 rings (SSSR count). The number of phosphoric ester groups is 1. The molecule has 0 aliphatic carbocycles. The van der Waals surface area contributed by atoms with Crippen LogP contribution in [-0.4, -0.2) is 68.5 Å². The Balaban J connectivity index is 4.02. The van der Waals surface area contributed by atoms with Gasteiger partial charge in [0.1, 0.15) is 13.2 Å². The van der Waals surface area contributed by atoms with Crippen molar-refractivity contribution in [2.45, 2.75) is 347 Å². The van der Waals surface area contributed by atoms with E-state index in [4.69, 9.17) is 9.05 Å². The molecule has 0 fully saturated rings. The van der Waals surface area contributed by atoms with Crippen LogP contribution in [-0.2, 0) is 18.4 Å². The largest absolute Gasteiger partial charge is 0.756 e. The number of nitrogens with one attached hydrogen (secondary N) is 1. The molecule has 430 valence electrons. The quantitative estimate of drug-likeness (QED) is 0.0272. The van der Waals surface area contributed by atoms with Crippen LogP contribution < -0.4 is 10.2 Å². The predicted octanol–water partition coefficient (Wildman–Crippen LogP) is 19.1. The molecule has 0 bridgehead atoms. The lowest BCUT2D eigenvalue weighted by atomic mass is 10.0. The number of carbonyl (C=O) groups is 1. The third kappa shape index (κ3) is 57.0. The van der Waals surface area contributed by atoms with Gasteiger partial charge in [-0.05, 0) is 38.5 Å². The first-order valence-corrected chi connectivity index (χ1v) is 33.5. The summed E-state index contributed by atoms with van der Waals surface area (Å²) >= 11 is 0. The highest BCUT2D eigenvalue weighted by Gasteiger charge is 2.24. The Morgan fingerprint density at radius 2 is 0.764 bits per heavy atom. The van der Waals surface area contributed by atoms with E-state index in [1.54, 1.807) is 0 Å². The number of likely N-dealkylation sites (N-methyl/N-ethyl adjacent to an activating group) is 1. The molecule has 0 radical (unpaired) electrons. The highest BCUT2D eigenvalue weighted by atomic mass is 31.2. The standard InChI is InChI=1S/C63H127N2O6P/c1-6-8-10-12-14-16-18-20-22-24-26-27-28-29-30-31-32-33-34-35-36-37-39-40-42-44-46-48-50-52-54-56-62(66)61(60-71-72(68,69)70-59-58-65(3,4)5)64-63(67)57-55-53-51-49-47-45-43-41-38-25-23-21-19-17-15-13-11-9-7-2/h21,23,61-62,66H,6-20,22,24-60H2,1-5H3,(H-,64,67,68,69)/b23-21-. The van der Waals surface area contributed by atoms with E-state index in [-0.39, 0.29) is 19.1 Å². The van der Waals surface area contributed by atoms with Crippen molar-refractivity contribution in [1.29, 1.82) is 0 Å². The van der Waals surface area contributed by atoms with Crippen LogP contribution in [0.4, 0.5) is 0 Å². The number of amides is 1. The van der Waals surface area contributed by atoms with E-state index in [0.717, 1.165) is 38.5 Å². The van der Waals surface area contributed by atoms with Gasteiger partial charge in [-0.2, -0.15) is 0 Å². The lowest BCUT2D eigenvalue weighted by molar-refractivity contribution is -0.870. The topological polar surface area (TPSA) is 108 Å². The summed E-state index contributed by atoms with van der Waals surface area (Å²) in [5.41, 5.74) is 0. The maximum absolute atomic E-state index is 13.0. The van der Waals surface area contributed by atoms with E-state index in [9.17, 15) is 19.4 Å². The van der Waals surface area contributed by atoms with Gasteiger partial charge in [-0.3, -0.25) is 9.36 Å². The number of quaternary nitrogens is 1. The first-order chi connectivity index (χ1) is 35.0. The van der Waals surface area contributed by atoms with Crippen LogP contribution in [0.15, 0.2) is 12.2 Å². The Morgan fingerprint density at radius 3 is 1.08 bits per heavy atom. The molecule has 0 aliphatic heterocycles. The van der Waals surface area contributed by atoms with Crippen molar-refractivity contribution in [2.24, 2.45) is 0 Å². The van der Waals surface area contributed by atoms with Crippen LogP contribution >= 0.6 is 7.82 Å². The van der Waals surface area contributed by atoms with E-state index in [1.165, 1.54) is 270 Å². The monoisotopic (exact) mass is 1040 g/mol. The summed E-state index contributed by atoms with van der Waals surface area (Å²) in [7, 11) is 1.32. The molecule has 0 aromatic carbocycles. The molecule has 72 heavy (non-hydrogen) atoms. The minimum atomic E-state index is -4.57. The molecule has 1 amide bonds. The summed E-state index contributed by atoms with van der Waals surface area (Å²) in [4.78, 5) is 25.6. The SMILES string of the molecule is CCCCCCCC/C=C\CCCCCCCCCCCC(=O)NC(COP(=O)([O-])OCC[N+](C)(C)C)C(O)CCCCCCCCCCCCCCCCCCCCCCCCCCCCCCCCC. The van der Waals surface area contributed by atoms with Crippen LogP contribution in [0, 0.1) is 0 Å². The third-order valence-electron chi connectivity index (χ3n) is 15.0. The van der Waals surface area contributed by atoms with Crippen LogP contribution in [0.5, 0.6) is 0 Å². The minimum Gasteiger partial charge on any atom is -0.756 e. The number of hydrogen-bond acceptors (Lipinski definition) is 6. The molecule has 0 aromatic rings. The highest BCUT2D eigenvalue weighted by molar-refractivity contribution is 7.45. The van der Waals surface area contributed by atoms with Crippen molar-refractivity contribution < 1.29 is 32.9 Å². The van der Waals surface area contributed by atoms with Crippen LogP contribution in [0.25, 0.3) is 0 Å². The maximum Gasteiger partial charge on any atom is 0.268 e. The van der Waals surface area contributed by atoms with E-state index in [1.807, 2.05) is 21.1 Å². The molecule has 0 heterocycles. The Labute approximate surface area is 450 Å². The van der Waals surface area contributed by atoms with Gasteiger partial charge in [-0.1, -0.05) is 302 Å². The summed E-state index contributed by atoms with van der Waals surface area (Å²) in [5.74, 6) is -0.161. The van der Waals surface area contributed by atoms with Gasteiger partial charge in [-0.25, -0.2) is 0 Å². The number of allylic oxidation sites excluding steroid dienone is 2. The number of phosphoric acid groups is 1. The average Bonchev–Trinajstić information content (AvgIpc) is 3.34. The molecule has 8 nitrogen and oxygen atoms in total. The Bertz CT molecular complexity index is 1180. The fourth-order valence-electron chi connectivity index (χ4n) is 9.98. The van der Waals surface area contributed by atoms with Gasteiger partial charge in [0.15, 0.2) is 0 Å². The molecule has 3 unspecified atom stereocenters. The Hall–Kier alpha value is -0.760. The van der Waals surface area contributed by atoms with Gasteiger partial charge in [0.05, 0.1) is 39.9 Å². The van der Waals surface area contributed by atoms with Crippen LogP contribution in [0.2, 0.25) is 0 Å². The van der Waals surface area contributed by atoms with Gasteiger partial charge in [-0.15, -0.1) is 0 Å². The fraction of sp³-hybridized carbons (Fsp3) is 0.952. The number of carbonyl (C=O) groups excluding carboxylic acids is 1. The van der Waals surface area contributed by atoms with Crippen molar-refractivity contribution >= 4 is 13.7 Å². The second-order valence-corrected chi connectivity index (χ2v) is 24.9. The predicted molar refractivity (Wildman–Crippen MR) is 312 cm³/mol. The molecule has 0 saturated heterocycles. The lowest BCUT2D eigenvalue weighted by Crippen LogP contribution is -2.46. The molecule has 0 aromatic heterocycles. The second kappa shape index (κ2) is 55.0. The molecular formula is C63H127N2O6P. The maximum atomic E-state index is 13.0. The number of aliphatic hydroxyl groups is 1. The molecule has 0 spiro atoms. The zero-order valence-electron chi connectivity index (χ0n) is 49.2. The summed E-state index contributed by atoms with van der Waals surface area (Å²) < 4.78 is 23.5. The van der Waals surface area contributed by atoms with Crippen molar-refractivity contribution in [3.05, 3.63) is 12.2 Å². The minimum absolute atomic E-state index is 0.0144. The first-order valence-electron chi connectivity index (χ1n) is 32.0. The van der Waals surface area contributed by atoms with Gasteiger partial charge in [0.2, 0.25) is 5.91 Å². The number of rotatable bonds is 60. The highest BCUT2D eigenvalue weighted by Crippen LogP contribution is 2.38. The van der Waals surface area contributed by atoms with Gasteiger partial charge in [0.25, 0.3) is 7.82 Å². The fourth-order valence-corrected chi connectivity index (χ4v) is 10.7. The average molecular weight is 1040 g/mol. The summed E-state index contributed by atoms with van der Waals surface area (Å²) in [6.45, 7) is 4.77. The zero-order chi connectivity index (χ0) is 52.7. The van der Waals surface area contributed by atoms with Crippen molar-refractivity contribution in [3.63, 3.8) is 0 Å². The summed E-state index contributed by atoms with van der Waals surface area (Å²) in [6, 6.07) is -0.800. The number of hydrogen-bond donors (Lipinski definition) is 2. The van der Waals surface area contributed by atoms with Crippen molar-refractivity contribution in [1.82, 2.24) is 5.32 Å². The number of aliphatic hydroxyl groups excluding tert-OH is 1. The van der Waals surface area contributed by atoms with Crippen molar-refractivity contribution in [2.75, 3.05) is 40.9 Å². The van der Waals surface area contributed by atoms with E-state index >= 15 is 0 Å².